The van der Waals surface area contributed by atoms with Gasteiger partial charge in [0.1, 0.15) is 35.6 Å². The molecule has 4 atom stereocenters. The number of hydrogen-bond donors (Lipinski definition) is 4. The minimum absolute atomic E-state index is 0.373. The number of hydrogen-bond acceptors (Lipinski definition) is 7. The van der Waals surface area contributed by atoms with Crippen molar-refractivity contribution in [2.75, 3.05) is 18.5 Å². The third-order valence-electron chi connectivity index (χ3n) is 4.51. The van der Waals surface area contributed by atoms with Gasteiger partial charge in [0.15, 0.2) is 6.23 Å². The molecule has 2 aliphatic rings. The fourth-order valence-corrected chi connectivity index (χ4v) is 3.28. The predicted molar refractivity (Wildman–Crippen MR) is 82.7 cm³/mol. The summed E-state index contributed by atoms with van der Waals surface area (Å²) in [6, 6.07) is 0. The summed E-state index contributed by atoms with van der Waals surface area (Å²) in [4.78, 5) is 8.57. The van der Waals surface area contributed by atoms with Crippen molar-refractivity contribution in [3.8, 4) is 0 Å². The molecule has 1 saturated heterocycles. The van der Waals surface area contributed by atoms with E-state index in [0.717, 1.165) is 10.9 Å². The van der Waals surface area contributed by atoms with E-state index in [1.807, 2.05) is 18.3 Å². The molecule has 1 fully saturated rings. The van der Waals surface area contributed by atoms with Gasteiger partial charge >= 0.3 is 0 Å². The number of aliphatic hydroxyl groups is 3. The van der Waals surface area contributed by atoms with Gasteiger partial charge in [-0.3, -0.25) is 0 Å². The molecule has 8 heteroatoms. The lowest BCUT2D eigenvalue weighted by atomic mass is 9.96. The average molecular weight is 318 g/mol. The summed E-state index contributed by atoms with van der Waals surface area (Å²) in [6.07, 6.45) is 4.29. The van der Waals surface area contributed by atoms with Gasteiger partial charge in [0.2, 0.25) is 0 Å². The zero-order valence-corrected chi connectivity index (χ0v) is 12.5. The molecule has 0 aromatic carbocycles. The van der Waals surface area contributed by atoms with Gasteiger partial charge in [-0.2, -0.15) is 0 Å². The number of nitrogens with zero attached hydrogens (tertiary/aromatic N) is 3. The molecule has 23 heavy (non-hydrogen) atoms. The minimum Gasteiger partial charge on any atom is -0.394 e. The SMILES string of the molecule is C[C@@]1(O)C(n2cc3c4c(ncnc42)NCC=C3)OC(CO)[C@H]1O. The first-order valence-corrected chi connectivity index (χ1v) is 7.46. The molecule has 8 nitrogen and oxygen atoms in total. The maximum atomic E-state index is 10.7. The topological polar surface area (TPSA) is 113 Å². The van der Waals surface area contributed by atoms with Crippen LogP contribution >= 0.6 is 0 Å². The van der Waals surface area contributed by atoms with E-state index in [-0.39, 0.29) is 6.61 Å². The van der Waals surface area contributed by atoms with E-state index in [4.69, 9.17) is 4.74 Å². The van der Waals surface area contributed by atoms with E-state index >= 15 is 0 Å². The van der Waals surface area contributed by atoms with E-state index in [9.17, 15) is 15.3 Å². The van der Waals surface area contributed by atoms with Crippen molar-refractivity contribution in [1.29, 1.82) is 0 Å². The van der Waals surface area contributed by atoms with Crippen LogP contribution in [-0.4, -0.2) is 60.8 Å². The lowest BCUT2D eigenvalue weighted by Crippen LogP contribution is -2.44. The number of rotatable bonds is 2. The molecule has 4 heterocycles. The first-order chi connectivity index (χ1) is 11.0. The Kier molecular flexibility index (Phi) is 3.17. The van der Waals surface area contributed by atoms with Crippen LogP contribution in [0.3, 0.4) is 0 Å². The van der Waals surface area contributed by atoms with Crippen molar-refractivity contribution < 1.29 is 20.1 Å². The molecule has 2 unspecified atom stereocenters. The molecule has 0 saturated carbocycles. The minimum atomic E-state index is -1.55. The molecule has 2 aromatic rings. The van der Waals surface area contributed by atoms with Crippen molar-refractivity contribution in [2.24, 2.45) is 0 Å². The molecule has 0 spiro atoms. The lowest BCUT2D eigenvalue weighted by molar-refractivity contribution is -0.0948. The Morgan fingerprint density at radius 2 is 2.30 bits per heavy atom. The molecule has 0 bridgehead atoms. The van der Waals surface area contributed by atoms with E-state index in [0.29, 0.717) is 18.0 Å². The first kappa shape index (κ1) is 14.6. The van der Waals surface area contributed by atoms with E-state index in [1.165, 1.54) is 13.3 Å². The summed E-state index contributed by atoms with van der Waals surface area (Å²) in [7, 11) is 0. The van der Waals surface area contributed by atoms with Gasteiger partial charge in [0, 0.05) is 18.3 Å². The summed E-state index contributed by atoms with van der Waals surface area (Å²) in [5, 5.41) is 34.2. The van der Waals surface area contributed by atoms with Gasteiger partial charge in [-0.15, -0.1) is 0 Å². The molecular weight excluding hydrogens is 300 g/mol. The Bertz CT molecular complexity index is 785. The van der Waals surface area contributed by atoms with Crippen LogP contribution in [0.2, 0.25) is 0 Å². The Labute approximate surface area is 132 Å². The molecular formula is C15H18N4O4. The van der Waals surface area contributed by atoms with Crippen LogP contribution in [0.25, 0.3) is 17.1 Å². The van der Waals surface area contributed by atoms with Crippen LogP contribution < -0.4 is 5.32 Å². The molecule has 2 aromatic heterocycles. The van der Waals surface area contributed by atoms with Crippen LogP contribution in [0, 0.1) is 0 Å². The third-order valence-corrected chi connectivity index (χ3v) is 4.51. The van der Waals surface area contributed by atoms with Crippen molar-refractivity contribution in [3.05, 3.63) is 24.2 Å². The van der Waals surface area contributed by atoms with Crippen molar-refractivity contribution in [2.45, 2.75) is 31.0 Å². The van der Waals surface area contributed by atoms with Crippen LogP contribution in [0.15, 0.2) is 18.6 Å². The first-order valence-electron chi connectivity index (χ1n) is 7.46. The number of anilines is 1. The number of nitrogens with one attached hydrogen (secondary N) is 1. The average Bonchev–Trinajstić information content (AvgIpc) is 2.90. The Balaban J connectivity index is 1.90. The number of aromatic nitrogens is 3. The predicted octanol–water partition coefficient (Wildman–Crippen LogP) is -0.128. The maximum Gasteiger partial charge on any atom is 0.167 e. The highest BCUT2D eigenvalue weighted by atomic mass is 16.6. The van der Waals surface area contributed by atoms with Gasteiger partial charge in [-0.1, -0.05) is 12.2 Å². The smallest absolute Gasteiger partial charge is 0.167 e. The maximum absolute atomic E-state index is 10.7. The second kappa shape index (κ2) is 5.00. The van der Waals surface area contributed by atoms with Gasteiger partial charge in [0.25, 0.3) is 0 Å². The van der Waals surface area contributed by atoms with Crippen LogP contribution in [-0.2, 0) is 4.74 Å². The summed E-state index contributed by atoms with van der Waals surface area (Å²) < 4.78 is 7.38. The molecule has 2 aliphatic heterocycles. The van der Waals surface area contributed by atoms with E-state index < -0.39 is 24.0 Å². The fraction of sp³-hybridized carbons (Fsp3) is 0.467. The van der Waals surface area contributed by atoms with Gasteiger partial charge in [-0.05, 0) is 6.92 Å². The van der Waals surface area contributed by atoms with E-state index in [2.05, 4.69) is 15.3 Å². The fourth-order valence-electron chi connectivity index (χ4n) is 3.28. The normalized spacial score (nSPS) is 33.0. The van der Waals surface area contributed by atoms with Crippen molar-refractivity contribution in [3.63, 3.8) is 0 Å². The third kappa shape index (κ3) is 1.99. The zero-order chi connectivity index (χ0) is 16.2. The Morgan fingerprint density at radius 3 is 3.04 bits per heavy atom. The Morgan fingerprint density at radius 1 is 1.48 bits per heavy atom. The van der Waals surface area contributed by atoms with E-state index in [1.54, 1.807) is 4.57 Å². The van der Waals surface area contributed by atoms with Gasteiger partial charge in [0.05, 0.1) is 12.0 Å². The summed E-state index contributed by atoms with van der Waals surface area (Å²) >= 11 is 0. The molecule has 122 valence electrons. The molecule has 4 rings (SSSR count). The van der Waals surface area contributed by atoms with Crippen molar-refractivity contribution >= 4 is 22.9 Å². The molecule has 4 N–H and O–H groups in total. The summed E-state index contributed by atoms with van der Waals surface area (Å²) in [5.74, 6) is 0.714. The highest BCUT2D eigenvalue weighted by molar-refractivity contribution is 5.96. The molecule has 0 radical (unpaired) electrons. The van der Waals surface area contributed by atoms with Gasteiger partial charge in [-0.25, -0.2) is 9.97 Å². The monoisotopic (exact) mass is 318 g/mol. The molecule has 0 aliphatic carbocycles. The number of ether oxygens (including phenoxy) is 1. The molecule has 0 amide bonds. The lowest BCUT2D eigenvalue weighted by Gasteiger charge is -2.27. The highest BCUT2D eigenvalue weighted by Crippen LogP contribution is 2.41. The second-order valence-electron chi connectivity index (χ2n) is 6.08. The van der Waals surface area contributed by atoms with Gasteiger partial charge < -0.3 is 29.9 Å². The largest absolute Gasteiger partial charge is 0.394 e. The Hall–Kier alpha value is -2.00. The summed E-state index contributed by atoms with van der Waals surface area (Å²) in [6.45, 7) is 1.79. The van der Waals surface area contributed by atoms with Crippen molar-refractivity contribution in [1.82, 2.24) is 14.5 Å². The number of aliphatic hydroxyl groups excluding tert-OH is 2. The zero-order valence-electron chi connectivity index (χ0n) is 12.5. The van der Waals surface area contributed by atoms with Crippen LogP contribution in [0.4, 0.5) is 5.82 Å². The second-order valence-corrected chi connectivity index (χ2v) is 6.08. The highest BCUT2D eigenvalue weighted by Gasteiger charge is 2.53. The standard InChI is InChI=1S/C15H18N4O4/c1-15(22)11(21)9(6-20)23-14(15)19-5-8-3-2-4-16-12-10(8)13(19)18-7-17-12/h2-3,5,7,9,11,14,20-22H,4,6H2,1H3,(H,16,17,18)/t9?,11-,14?,15+/m1/s1. The van der Waals surface area contributed by atoms with Crippen LogP contribution in [0.5, 0.6) is 0 Å². The van der Waals surface area contributed by atoms with Crippen LogP contribution in [0.1, 0.15) is 18.7 Å². The summed E-state index contributed by atoms with van der Waals surface area (Å²) in [5.41, 5.74) is -0.0507. The quantitative estimate of drug-likeness (QED) is 0.610.